The van der Waals surface area contributed by atoms with Crippen LogP contribution < -0.4 is 0 Å². The standard InChI is InChI=1S/C4H8F2O2/c5-4(6)8-3-1-2-7/h4,7H,1-3H2. The van der Waals surface area contributed by atoms with Crippen molar-refractivity contribution in [1.82, 2.24) is 0 Å². The van der Waals surface area contributed by atoms with Crippen molar-refractivity contribution in [3.8, 4) is 0 Å². The van der Waals surface area contributed by atoms with Crippen LogP contribution in [0, 0.1) is 0 Å². The highest BCUT2D eigenvalue weighted by Gasteiger charge is 1.98. The quantitative estimate of drug-likeness (QED) is 0.559. The van der Waals surface area contributed by atoms with E-state index in [0.717, 1.165) is 0 Å². The Morgan fingerprint density at radius 2 is 2.12 bits per heavy atom. The lowest BCUT2D eigenvalue weighted by molar-refractivity contribution is -0.130. The van der Waals surface area contributed by atoms with Crippen LogP contribution in [0.1, 0.15) is 6.42 Å². The van der Waals surface area contributed by atoms with Gasteiger partial charge < -0.3 is 9.84 Å². The molecule has 0 aliphatic rings. The van der Waals surface area contributed by atoms with Gasteiger partial charge in [-0.3, -0.25) is 0 Å². The van der Waals surface area contributed by atoms with Crippen molar-refractivity contribution in [3.05, 3.63) is 0 Å². The van der Waals surface area contributed by atoms with Crippen LogP contribution in [0.25, 0.3) is 0 Å². The van der Waals surface area contributed by atoms with Crippen LogP contribution >= 0.6 is 0 Å². The van der Waals surface area contributed by atoms with E-state index >= 15 is 0 Å². The lowest BCUT2D eigenvalue weighted by Crippen LogP contribution is -2.01. The molecule has 0 aromatic rings. The van der Waals surface area contributed by atoms with E-state index in [0.29, 0.717) is 0 Å². The third-order valence-corrected chi connectivity index (χ3v) is 0.546. The zero-order chi connectivity index (χ0) is 6.41. The Labute approximate surface area is 46.1 Å². The summed E-state index contributed by atoms with van der Waals surface area (Å²) in [5, 5.41) is 8.05. The van der Waals surface area contributed by atoms with E-state index in [1.54, 1.807) is 0 Å². The molecule has 50 valence electrons. The highest BCUT2D eigenvalue weighted by Crippen LogP contribution is 1.94. The molecule has 0 bridgehead atoms. The van der Waals surface area contributed by atoms with Gasteiger partial charge in [-0.2, -0.15) is 8.78 Å². The molecule has 0 amide bonds. The molecule has 0 aliphatic carbocycles. The molecule has 8 heavy (non-hydrogen) atoms. The molecule has 0 spiro atoms. The summed E-state index contributed by atoms with van der Waals surface area (Å²) in [6.07, 6.45) is 0.268. The lowest BCUT2D eigenvalue weighted by atomic mass is 10.5. The van der Waals surface area contributed by atoms with Crippen molar-refractivity contribution in [3.63, 3.8) is 0 Å². The Balaban J connectivity index is 2.72. The molecule has 0 unspecified atom stereocenters. The van der Waals surface area contributed by atoms with Crippen molar-refractivity contribution in [2.75, 3.05) is 13.2 Å². The minimum absolute atomic E-state index is 0.0752. The topological polar surface area (TPSA) is 29.5 Å². The fourth-order valence-electron chi connectivity index (χ4n) is 0.237. The molecule has 0 aromatic carbocycles. The molecule has 0 heterocycles. The van der Waals surface area contributed by atoms with Gasteiger partial charge in [0.1, 0.15) is 0 Å². The first-order valence-corrected chi connectivity index (χ1v) is 2.28. The van der Waals surface area contributed by atoms with Gasteiger partial charge in [0.05, 0.1) is 6.61 Å². The van der Waals surface area contributed by atoms with Gasteiger partial charge in [0.15, 0.2) is 0 Å². The minimum Gasteiger partial charge on any atom is -0.396 e. The summed E-state index contributed by atoms with van der Waals surface area (Å²) in [7, 11) is 0. The third-order valence-electron chi connectivity index (χ3n) is 0.546. The summed E-state index contributed by atoms with van der Waals surface area (Å²) in [4.78, 5) is 0. The summed E-state index contributed by atoms with van der Waals surface area (Å²) in [5.41, 5.74) is 0. The molecule has 0 aromatic heterocycles. The average Bonchev–Trinajstić information content (AvgIpc) is 1.66. The zero-order valence-corrected chi connectivity index (χ0v) is 4.31. The molecule has 4 heteroatoms. The molecule has 0 saturated heterocycles. The van der Waals surface area contributed by atoms with Crippen molar-refractivity contribution in [1.29, 1.82) is 0 Å². The third kappa shape index (κ3) is 5.78. The van der Waals surface area contributed by atoms with Gasteiger partial charge in [0.25, 0.3) is 0 Å². The number of halogens is 2. The Bertz CT molecular complexity index is 49.3. The molecular weight excluding hydrogens is 118 g/mol. The lowest BCUT2D eigenvalue weighted by Gasteiger charge is -1.97. The van der Waals surface area contributed by atoms with Crippen LogP contribution in [-0.2, 0) is 4.74 Å². The Morgan fingerprint density at radius 3 is 2.50 bits per heavy atom. The van der Waals surface area contributed by atoms with E-state index in [2.05, 4.69) is 4.74 Å². The van der Waals surface area contributed by atoms with E-state index in [4.69, 9.17) is 5.11 Å². The van der Waals surface area contributed by atoms with Gasteiger partial charge >= 0.3 is 6.61 Å². The van der Waals surface area contributed by atoms with Crippen LogP contribution in [0.2, 0.25) is 0 Å². The van der Waals surface area contributed by atoms with Crippen LogP contribution in [0.15, 0.2) is 0 Å². The van der Waals surface area contributed by atoms with Crippen LogP contribution in [-0.4, -0.2) is 24.9 Å². The van der Waals surface area contributed by atoms with Crippen LogP contribution in [0.3, 0.4) is 0 Å². The van der Waals surface area contributed by atoms with Crippen LogP contribution in [0.5, 0.6) is 0 Å². The maximum absolute atomic E-state index is 11.1. The number of ether oxygens (including phenoxy) is 1. The first kappa shape index (κ1) is 7.78. The van der Waals surface area contributed by atoms with Crippen molar-refractivity contribution >= 4 is 0 Å². The number of hydrogen-bond acceptors (Lipinski definition) is 2. The van der Waals surface area contributed by atoms with E-state index in [9.17, 15) is 8.78 Å². The van der Waals surface area contributed by atoms with E-state index < -0.39 is 6.61 Å². The second-order valence-corrected chi connectivity index (χ2v) is 1.21. The molecule has 1 N–H and O–H groups in total. The summed E-state index contributed by atoms with van der Waals surface area (Å²) < 4.78 is 25.9. The zero-order valence-electron chi connectivity index (χ0n) is 4.31. The number of alkyl halides is 2. The largest absolute Gasteiger partial charge is 0.396 e. The van der Waals surface area contributed by atoms with Crippen LogP contribution in [0.4, 0.5) is 8.78 Å². The van der Waals surface area contributed by atoms with Crippen molar-refractivity contribution in [2.45, 2.75) is 13.0 Å². The molecule has 0 fully saturated rings. The second kappa shape index (κ2) is 4.93. The Hall–Kier alpha value is -0.220. The average molecular weight is 126 g/mol. The Kier molecular flexibility index (Phi) is 4.79. The maximum atomic E-state index is 11.1. The summed E-state index contributed by atoms with van der Waals surface area (Å²) in [6.45, 7) is -2.89. The van der Waals surface area contributed by atoms with E-state index in [-0.39, 0.29) is 19.6 Å². The molecule has 0 aliphatic heterocycles. The first-order valence-electron chi connectivity index (χ1n) is 2.28. The predicted molar refractivity (Wildman–Crippen MR) is 23.7 cm³/mol. The minimum atomic E-state index is -2.71. The predicted octanol–water partition coefficient (Wildman–Crippen LogP) is 0.608. The van der Waals surface area contributed by atoms with E-state index in [1.165, 1.54) is 0 Å². The molecular formula is C4H8F2O2. The fraction of sp³-hybridized carbons (Fsp3) is 1.00. The monoisotopic (exact) mass is 126 g/mol. The smallest absolute Gasteiger partial charge is 0.345 e. The van der Waals surface area contributed by atoms with Gasteiger partial charge in [0.2, 0.25) is 0 Å². The molecule has 0 saturated carbocycles. The fourth-order valence-corrected chi connectivity index (χ4v) is 0.237. The molecule has 0 atom stereocenters. The number of aliphatic hydroxyl groups is 1. The number of hydrogen-bond donors (Lipinski definition) is 1. The molecule has 0 radical (unpaired) electrons. The van der Waals surface area contributed by atoms with Crippen molar-refractivity contribution in [2.24, 2.45) is 0 Å². The summed E-state index contributed by atoms with van der Waals surface area (Å²) >= 11 is 0. The SMILES string of the molecule is OCCCOC(F)F. The second-order valence-electron chi connectivity index (χ2n) is 1.21. The Morgan fingerprint density at radius 1 is 1.50 bits per heavy atom. The van der Waals surface area contributed by atoms with E-state index in [1.807, 2.05) is 0 Å². The highest BCUT2D eigenvalue weighted by atomic mass is 19.3. The van der Waals surface area contributed by atoms with Crippen molar-refractivity contribution < 1.29 is 18.6 Å². The number of rotatable bonds is 4. The normalized spacial score (nSPS) is 10.5. The summed E-state index contributed by atoms with van der Waals surface area (Å²) in [6, 6.07) is 0. The van der Waals surface area contributed by atoms with Gasteiger partial charge in [-0.15, -0.1) is 0 Å². The maximum Gasteiger partial charge on any atom is 0.345 e. The highest BCUT2D eigenvalue weighted by molar-refractivity contribution is 4.28. The molecule has 2 nitrogen and oxygen atoms in total. The van der Waals surface area contributed by atoms with Gasteiger partial charge in [0, 0.05) is 6.61 Å². The van der Waals surface area contributed by atoms with Gasteiger partial charge in [-0.25, -0.2) is 0 Å². The molecule has 0 rings (SSSR count). The first-order chi connectivity index (χ1) is 3.77. The number of aliphatic hydroxyl groups excluding tert-OH is 1. The van der Waals surface area contributed by atoms with Gasteiger partial charge in [-0.05, 0) is 6.42 Å². The summed E-state index contributed by atoms with van der Waals surface area (Å²) in [5.74, 6) is 0. The van der Waals surface area contributed by atoms with Gasteiger partial charge in [-0.1, -0.05) is 0 Å².